The second-order valence-corrected chi connectivity index (χ2v) is 10.7. The lowest BCUT2D eigenvalue weighted by molar-refractivity contribution is 0.0646. The summed E-state index contributed by atoms with van der Waals surface area (Å²) in [5.41, 5.74) is 1.51. The van der Waals surface area contributed by atoms with E-state index in [2.05, 4.69) is 4.90 Å². The highest BCUT2D eigenvalue weighted by Crippen LogP contribution is 2.29. The predicted molar refractivity (Wildman–Crippen MR) is 136 cm³/mol. The third-order valence-electron chi connectivity index (χ3n) is 6.73. The van der Waals surface area contributed by atoms with E-state index in [1.807, 2.05) is 7.05 Å². The zero-order valence-electron chi connectivity index (χ0n) is 20.1. The summed E-state index contributed by atoms with van der Waals surface area (Å²) in [7, 11) is 0.641. The normalized spacial score (nSPS) is 15.4. The van der Waals surface area contributed by atoms with Crippen molar-refractivity contribution >= 4 is 16.7 Å². The molecule has 0 spiro atoms. The van der Waals surface area contributed by atoms with Gasteiger partial charge in [-0.2, -0.15) is 0 Å². The van der Waals surface area contributed by atoms with Crippen LogP contribution in [0, 0.1) is 17.5 Å². The highest BCUT2D eigenvalue weighted by atomic mass is 32.2. The molecule has 1 aliphatic rings. The van der Waals surface area contributed by atoms with Gasteiger partial charge in [0.25, 0.3) is 5.91 Å². The predicted octanol–water partition coefficient (Wildman–Crippen LogP) is 5.18. The molecule has 8 heteroatoms. The molecular weight excluding hydrogens is 485 g/mol. The first-order valence-electron chi connectivity index (χ1n) is 12.0. The fourth-order valence-electron chi connectivity index (χ4n) is 4.62. The third kappa shape index (κ3) is 6.23. The number of hydrogen-bond donors (Lipinski definition) is 0. The molecule has 0 saturated carbocycles. The maximum Gasteiger partial charge on any atom is 0.256 e. The lowest BCUT2D eigenvalue weighted by atomic mass is 10.0. The van der Waals surface area contributed by atoms with E-state index < -0.39 is 21.9 Å². The van der Waals surface area contributed by atoms with E-state index in [0.29, 0.717) is 36.5 Å². The lowest BCUT2D eigenvalue weighted by Crippen LogP contribution is -2.46. The molecule has 1 fully saturated rings. The molecule has 0 aliphatic carbocycles. The van der Waals surface area contributed by atoms with Crippen molar-refractivity contribution in [3.63, 3.8) is 0 Å². The molecule has 0 bridgehead atoms. The van der Waals surface area contributed by atoms with Crippen LogP contribution < -0.4 is 0 Å². The summed E-state index contributed by atoms with van der Waals surface area (Å²) in [6, 6.07) is 18.1. The standard InChI is InChI=1S/C28H29F3N2O2S/c1-32(24-14-16-33(17-15-24)28(34)25-4-2-3-5-26(25)31)18-19-36(35)27(20-6-10-22(29)11-7-20)21-8-12-23(30)13-9-21/h2-13,24,27H,14-19H2,1H3. The Bertz CT molecular complexity index is 1150. The quantitative estimate of drug-likeness (QED) is 0.416. The van der Waals surface area contributed by atoms with Crippen LogP contribution in [-0.4, -0.2) is 58.4 Å². The van der Waals surface area contributed by atoms with Gasteiger partial charge in [0.1, 0.15) is 17.5 Å². The molecule has 3 aromatic rings. The number of amides is 1. The van der Waals surface area contributed by atoms with Gasteiger partial charge < -0.3 is 9.80 Å². The van der Waals surface area contributed by atoms with Gasteiger partial charge in [-0.15, -0.1) is 0 Å². The number of nitrogens with zero attached hydrogens (tertiary/aromatic N) is 2. The monoisotopic (exact) mass is 514 g/mol. The summed E-state index contributed by atoms with van der Waals surface area (Å²) >= 11 is 0. The Morgan fingerprint density at radius 1 is 0.917 bits per heavy atom. The molecule has 1 unspecified atom stereocenters. The van der Waals surface area contributed by atoms with Crippen LogP contribution in [0.2, 0.25) is 0 Å². The number of halogens is 3. The molecule has 1 heterocycles. The molecule has 0 N–H and O–H groups in total. The Balaban J connectivity index is 1.36. The van der Waals surface area contributed by atoms with Gasteiger partial charge in [-0.25, -0.2) is 13.2 Å². The minimum atomic E-state index is -1.33. The molecule has 4 rings (SSSR count). The van der Waals surface area contributed by atoms with Gasteiger partial charge in [0.05, 0.1) is 10.8 Å². The zero-order valence-corrected chi connectivity index (χ0v) is 20.9. The molecule has 190 valence electrons. The Kier molecular flexibility index (Phi) is 8.59. The molecule has 1 saturated heterocycles. The molecule has 1 amide bonds. The van der Waals surface area contributed by atoms with Crippen LogP contribution >= 0.6 is 0 Å². The van der Waals surface area contributed by atoms with E-state index in [4.69, 9.17) is 0 Å². The summed E-state index contributed by atoms with van der Waals surface area (Å²) in [5, 5.41) is -0.500. The van der Waals surface area contributed by atoms with Crippen LogP contribution in [0.1, 0.15) is 39.6 Å². The molecule has 36 heavy (non-hydrogen) atoms. The first-order chi connectivity index (χ1) is 17.3. The summed E-state index contributed by atoms with van der Waals surface area (Å²) in [6.07, 6.45) is 1.48. The second kappa shape index (κ2) is 11.8. The molecule has 1 aliphatic heterocycles. The second-order valence-electron chi connectivity index (χ2n) is 9.05. The van der Waals surface area contributed by atoms with E-state index in [1.54, 1.807) is 41.3 Å². The topological polar surface area (TPSA) is 40.6 Å². The van der Waals surface area contributed by atoms with E-state index in [9.17, 15) is 22.2 Å². The van der Waals surface area contributed by atoms with Crippen molar-refractivity contribution in [2.24, 2.45) is 0 Å². The van der Waals surface area contributed by atoms with Crippen molar-refractivity contribution in [1.29, 1.82) is 0 Å². The van der Waals surface area contributed by atoms with Crippen molar-refractivity contribution < 1.29 is 22.2 Å². The van der Waals surface area contributed by atoms with Crippen molar-refractivity contribution in [3.05, 3.63) is 107 Å². The Morgan fingerprint density at radius 2 is 1.44 bits per heavy atom. The van der Waals surface area contributed by atoms with Crippen LogP contribution in [0.5, 0.6) is 0 Å². The summed E-state index contributed by atoms with van der Waals surface area (Å²) in [5.74, 6) is -1.17. The first-order valence-corrected chi connectivity index (χ1v) is 13.3. The number of carbonyl (C=O) groups is 1. The number of piperidine rings is 1. The average molecular weight is 515 g/mol. The van der Waals surface area contributed by atoms with Crippen LogP contribution in [0.15, 0.2) is 72.8 Å². The van der Waals surface area contributed by atoms with Crippen molar-refractivity contribution in [1.82, 2.24) is 9.80 Å². The molecule has 3 aromatic carbocycles. The van der Waals surface area contributed by atoms with Gasteiger partial charge >= 0.3 is 0 Å². The zero-order chi connectivity index (χ0) is 25.7. The fraction of sp³-hybridized carbons (Fsp3) is 0.321. The van der Waals surface area contributed by atoms with Gasteiger partial charge in [-0.1, -0.05) is 36.4 Å². The fourth-order valence-corrected chi connectivity index (χ4v) is 6.25. The number of likely N-dealkylation sites (tertiary alicyclic amines) is 1. The Labute approximate surface area is 212 Å². The Hall–Kier alpha value is -2.97. The van der Waals surface area contributed by atoms with E-state index >= 15 is 0 Å². The SMILES string of the molecule is CN(CCS(=O)C(c1ccc(F)cc1)c1ccc(F)cc1)C1CCN(C(=O)c2ccccc2F)CC1. The van der Waals surface area contributed by atoms with E-state index in [-0.39, 0.29) is 29.1 Å². The Morgan fingerprint density at radius 3 is 1.97 bits per heavy atom. The van der Waals surface area contributed by atoms with Crippen LogP contribution in [0.3, 0.4) is 0 Å². The van der Waals surface area contributed by atoms with E-state index in [1.165, 1.54) is 36.4 Å². The van der Waals surface area contributed by atoms with Crippen LogP contribution in [0.4, 0.5) is 13.2 Å². The van der Waals surface area contributed by atoms with Gasteiger partial charge in [-0.05, 0) is 67.4 Å². The van der Waals surface area contributed by atoms with Crippen molar-refractivity contribution in [2.45, 2.75) is 24.1 Å². The van der Waals surface area contributed by atoms with Gasteiger partial charge in [0.15, 0.2) is 0 Å². The molecule has 0 radical (unpaired) electrons. The number of benzene rings is 3. The third-order valence-corrected chi connectivity index (χ3v) is 8.39. The van der Waals surface area contributed by atoms with Gasteiger partial charge in [0.2, 0.25) is 0 Å². The maximum atomic E-state index is 14.0. The van der Waals surface area contributed by atoms with E-state index in [0.717, 1.165) is 12.8 Å². The lowest BCUT2D eigenvalue weighted by Gasteiger charge is -2.37. The van der Waals surface area contributed by atoms with Crippen molar-refractivity contribution in [3.8, 4) is 0 Å². The van der Waals surface area contributed by atoms with Crippen LogP contribution in [-0.2, 0) is 10.8 Å². The smallest absolute Gasteiger partial charge is 0.256 e. The number of rotatable bonds is 8. The molecule has 0 aromatic heterocycles. The van der Waals surface area contributed by atoms with Crippen LogP contribution in [0.25, 0.3) is 0 Å². The number of carbonyl (C=O) groups excluding carboxylic acids is 1. The largest absolute Gasteiger partial charge is 0.338 e. The minimum Gasteiger partial charge on any atom is -0.338 e. The van der Waals surface area contributed by atoms with Gasteiger partial charge in [-0.3, -0.25) is 9.00 Å². The average Bonchev–Trinajstić information content (AvgIpc) is 2.89. The maximum absolute atomic E-state index is 14.0. The molecular formula is C28H29F3N2O2S. The summed E-state index contributed by atoms with van der Waals surface area (Å²) in [6.45, 7) is 1.62. The highest BCUT2D eigenvalue weighted by molar-refractivity contribution is 7.85. The summed E-state index contributed by atoms with van der Waals surface area (Å²) < 4.78 is 54.4. The molecule has 1 atom stereocenters. The summed E-state index contributed by atoms with van der Waals surface area (Å²) in [4.78, 5) is 16.5. The molecule has 4 nitrogen and oxygen atoms in total. The minimum absolute atomic E-state index is 0.0901. The van der Waals surface area contributed by atoms with Gasteiger partial charge in [0, 0.05) is 42.2 Å². The van der Waals surface area contributed by atoms with Crippen molar-refractivity contribution in [2.75, 3.05) is 32.4 Å². The highest BCUT2D eigenvalue weighted by Gasteiger charge is 2.28. The number of hydrogen-bond acceptors (Lipinski definition) is 3. The first kappa shape index (κ1) is 26.1.